The molecule has 0 aliphatic heterocycles. The maximum atomic E-state index is 13.9. The zero-order valence-electron chi connectivity index (χ0n) is 10.9. The molecule has 0 radical (unpaired) electrons. The van der Waals surface area contributed by atoms with Crippen molar-refractivity contribution in [3.8, 4) is 5.75 Å². The number of nitrogens with two attached hydrogens (primary N) is 1. The summed E-state index contributed by atoms with van der Waals surface area (Å²) in [7, 11) is 0. The minimum Gasteiger partial charge on any atom is -0.486 e. The topological polar surface area (TPSA) is 57.4 Å². The summed E-state index contributed by atoms with van der Waals surface area (Å²) in [5.74, 6) is -0.371. The number of benzene rings is 1. The summed E-state index contributed by atoms with van der Waals surface area (Å²) in [5, 5.41) is 0.688. The number of rotatable bonds is 6. The fourth-order valence-electron chi connectivity index (χ4n) is 1.80. The molecule has 0 fully saturated rings. The second kappa shape index (κ2) is 6.33. The van der Waals surface area contributed by atoms with Crippen molar-refractivity contribution in [2.75, 3.05) is 25.6 Å². The van der Waals surface area contributed by atoms with Crippen molar-refractivity contribution in [3.05, 3.63) is 30.2 Å². The van der Waals surface area contributed by atoms with Crippen LogP contribution in [0.2, 0.25) is 0 Å². The van der Waals surface area contributed by atoms with E-state index in [1.165, 1.54) is 6.07 Å². The van der Waals surface area contributed by atoms with Gasteiger partial charge in [0.25, 0.3) is 0 Å². The molecule has 2 N–H and O–H groups in total. The number of hydrogen-bond donors (Lipinski definition) is 1. The minimum atomic E-state index is -0.501. The molecule has 2 rings (SSSR count). The van der Waals surface area contributed by atoms with Crippen LogP contribution in [0.3, 0.4) is 0 Å². The van der Waals surface area contributed by atoms with E-state index < -0.39 is 5.82 Å². The van der Waals surface area contributed by atoms with Gasteiger partial charge < -0.3 is 15.2 Å². The van der Waals surface area contributed by atoms with E-state index in [1.807, 2.05) is 6.92 Å². The lowest BCUT2D eigenvalue weighted by Crippen LogP contribution is -2.09. The molecule has 1 heterocycles. The summed E-state index contributed by atoms with van der Waals surface area (Å²) >= 11 is 0. The first-order chi connectivity index (χ1) is 9.24. The Morgan fingerprint density at radius 2 is 2.16 bits per heavy atom. The summed E-state index contributed by atoms with van der Waals surface area (Å²) in [4.78, 5) is 4.13. The molecule has 5 heteroatoms. The van der Waals surface area contributed by atoms with Gasteiger partial charge in [0.2, 0.25) is 0 Å². The standard InChI is InChI=1S/C14H17FN2O2/c1-2-6-18-7-8-19-14-11(15)9-12(16)10-4-3-5-17-13(10)14/h3-5,9H,2,6-8,16H2,1H3. The Kier molecular flexibility index (Phi) is 4.52. The van der Waals surface area contributed by atoms with E-state index in [4.69, 9.17) is 15.2 Å². The van der Waals surface area contributed by atoms with Crippen LogP contribution in [0.15, 0.2) is 24.4 Å². The van der Waals surface area contributed by atoms with E-state index in [2.05, 4.69) is 4.98 Å². The lowest BCUT2D eigenvalue weighted by molar-refractivity contribution is 0.0997. The molecule has 0 aliphatic rings. The molecule has 0 bridgehead atoms. The Balaban J connectivity index is 2.18. The molecule has 0 spiro atoms. The largest absolute Gasteiger partial charge is 0.486 e. The van der Waals surface area contributed by atoms with Crippen LogP contribution < -0.4 is 10.5 Å². The number of nitrogens with zero attached hydrogens (tertiary/aromatic N) is 1. The van der Waals surface area contributed by atoms with E-state index in [-0.39, 0.29) is 12.4 Å². The number of anilines is 1. The van der Waals surface area contributed by atoms with Gasteiger partial charge in [0.1, 0.15) is 12.1 Å². The third-order valence-electron chi connectivity index (χ3n) is 2.66. The molecule has 0 atom stereocenters. The lowest BCUT2D eigenvalue weighted by Gasteiger charge is -2.11. The van der Waals surface area contributed by atoms with Crippen LogP contribution in [0.25, 0.3) is 10.9 Å². The predicted octanol–water partition coefficient (Wildman–Crippen LogP) is 2.76. The van der Waals surface area contributed by atoms with Crippen LogP contribution >= 0.6 is 0 Å². The van der Waals surface area contributed by atoms with Gasteiger partial charge in [0, 0.05) is 29.9 Å². The average molecular weight is 264 g/mol. The zero-order chi connectivity index (χ0) is 13.7. The summed E-state index contributed by atoms with van der Waals surface area (Å²) in [6, 6.07) is 4.80. The van der Waals surface area contributed by atoms with Gasteiger partial charge in [-0.05, 0) is 18.6 Å². The summed E-state index contributed by atoms with van der Waals surface area (Å²) < 4.78 is 24.6. The van der Waals surface area contributed by atoms with E-state index >= 15 is 0 Å². The van der Waals surface area contributed by atoms with Crippen molar-refractivity contribution in [1.82, 2.24) is 4.98 Å². The predicted molar refractivity (Wildman–Crippen MR) is 72.7 cm³/mol. The first-order valence-corrected chi connectivity index (χ1v) is 6.27. The second-order valence-corrected chi connectivity index (χ2v) is 4.14. The molecular formula is C14H17FN2O2. The van der Waals surface area contributed by atoms with Crippen LogP contribution in [0.5, 0.6) is 5.75 Å². The van der Waals surface area contributed by atoms with Gasteiger partial charge >= 0.3 is 0 Å². The van der Waals surface area contributed by atoms with E-state index in [0.717, 1.165) is 6.42 Å². The number of ether oxygens (including phenoxy) is 2. The fraction of sp³-hybridized carbons (Fsp3) is 0.357. The summed E-state index contributed by atoms with van der Waals surface area (Å²) in [6.07, 6.45) is 2.53. The normalized spacial score (nSPS) is 10.8. The number of nitrogen functional groups attached to an aromatic ring is 1. The molecule has 1 aromatic heterocycles. The van der Waals surface area contributed by atoms with Crippen molar-refractivity contribution < 1.29 is 13.9 Å². The molecular weight excluding hydrogens is 247 g/mol. The highest BCUT2D eigenvalue weighted by Crippen LogP contribution is 2.31. The van der Waals surface area contributed by atoms with Gasteiger partial charge in [-0.25, -0.2) is 4.39 Å². The van der Waals surface area contributed by atoms with E-state index in [9.17, 15) is 4.39 Å². The highest BCUT2D eigenvalue weighted by atomic mass is 19.1. The lowest BCUT2D eigenvalue weighted by atomic mass is 10.1. The Morgan fingerprint density at radius 1 is 1.32 bits per heavy atom. The van der Waals surface area contributed by atoms with Gasteiger partial charge in [-0.1, -0.05) is 6.92 Å². The van der Waals surface area contributed by atoms with Crippen molar-refractivity contribution in [2.24, 2.45) is 0 Å². The Hall–Kier alpha value is -1.88. The van der Waals surface area contributed by atoms with E-state index in [0.29, 0.717) is 29.8 Å². The van der Waals surface area contributed by atoms with Crippen LogP contribution in [0.1, 0.15) is 13.3 Å². The molecule has 1 aromatic carbocycles. The van der Waals surface area contributed by atoms with Gasteiger partial charge in [0.05, 0.1) is 6.61 Å². The molecule has 0 saturated carbocycles. The van der Waals surface area contributed by atoms with Crippen molar-refractivity contribution in [1.29, 1.82) is 0 Å². The number of hydrogen-bond acceptors (Lipinski definition) is 4. The number of fused-ring (bicyclic) bond motifs is 1. The Bertz CT molecular complexity index is 560. The molecule has 4 nitrogen and oxygen atoms in total. The number of pyridine rings is 1. The average Bonchev–Trinajstić information content (AvgIpc) is 2.42. The molecule has 0 amide bonds. The highest BCUT2D eigenvalue weighted by Gasteiger charge is 2.12. The number of halogens is 1. The smallest absolute Gasteiger partial charge is 0.181 e. The third-order valence-corrected chi connectivity index (χ3v) is 2.66. The summed E-state index contributed by atoms with van der Waals surface area (Å²) in [5.41, 5.74) is 6.56. The Morgan fingerprint density at radius 3 is 2.95 bits per heavy atom. The quantitative estimate of drug-likeness (QED) is 0.644. The fourth-order valence-corrected chi connectivity index (χ4v) is 1.80. The van der Waals surface area contributed by atoms with E-state index in [1.54, 1.807) is 18.3 Å². The summed E-state index contributed by atoms with van der Waals surface area (Å²) in [6.45, 7) is 3.41. The zero-order valence-corrected chi connectivity index (χ0v) is 10.9. The van der Waals surface area contributed by atoms with Gasteiger partial charge in [-0.15, -0.1) is 0 Å². The molecule has 2 aromatic rings. The van der Waals surface area contributed by atoms with Crippen LogP contribution in [-0.4, -0.2) is 24.8 Å². The maximum Gasteiger partial charge on any atom is 0.181 e. The second-order valence-electron chi connectivity index (χ2n) is 4.14. The SMILES string of the molecule is CCCOCCOc1c(F)cc(N)c2cccnc12. The third kappa shape index (κ3) is 3.12. The molecule has 0 aliphatic carbocycles. The molecule has 0 unspecified atom stereocenters. The number of aromatic nitrogens is 1. The monoisotopic (exact) mass is 264 g/mol. The van der Waals surface area contributed by atoms with Crippen LogP contribution in [0.4, 0.5) is 10.1 Å². The first kappa shape index (κ1) is 13.5. The van der Waals surface area contributed by atoms with Crippen molar-refractivity contribution in [2.45, 2.75) is 13.3 Å². The maximum absolute atomic E-state index is 13.9. The molecule has 19 heavy (non-hydrogen) atoms. The Labute approximate surface area is 111 Å². The highest BCUT2D eigenvalue weighted by molar-refractivity contribution is 5.94. The molecule has 102 valence electrons. The van der Waals surface area contributed by atoms with Gasteiger partial charge in [-0.3, -0.25) is 4.98 Å². The molecule has 0 saturated heterocycles. The van der Waals surface area contributed by atoms with Gasteiger partial charge in [-0.2, -0.15) is 0 Å². The first-order valence-electron chi connectivity index (χ1n) is 6.27. The van der Waals surface area contributed by atoms with Crippen LogP contribution in [-0.2, 0) is 4.74 Å². The van der Waals surface area contributed by atoms with Crippen molar-refractivity contribution in [3.63, 3.8) is 0 Å². The minimum absolute atomic E-state index is 0.130. The van der Waals surface area contributed by atoms with Crippen molar-refractivity contribution >= 4 is 16.6 Å². The van der Waals surface area contributed by atoms with Crippen LogP contribution in [0, 0.1) is 5.82 Å². The van der Waals surface area contributed by atoms with Gasteiger partial charge in [0.15, 0.2) is 11.6 Å².